The predicted molar refractivity (Wildman–Crippen MR) is 126 cm³/mol. The molecule has 0 fully saturated rings. The molecule has 0 N–H and O–H groups in total. The molecule has 0 spiro atoms. The number of fused-ring (bicyclic) bond motifs is 1. The van der Waals surface area contributed by atoms with Crippen LogP contribution in [0.2, 0.25) is 0 Å². The SMILES string of the molecule is COc1ccc(S(=O)(=O)Oc2ccc3c(c2)O/C(=C\c2cc(OC)c(OC)cc2OC)C3=O)cc1. The number of rotatable bonds is 8. The van der Waals surface area contributed by atoms with E-state index in [1.807, 2.05) is 0 Å². The zero-order chi connectivity index (χ0) is 25.2. The molecule has 4 rings (SSSR count). The van der Waals surface area contributed by atoms with E-state index in [-0.39, 0.29) is 33.5 Å². The van der Waals surface area contributed by atoms with Crippen molar-refractivity contribution in [3.63, 3.8) is 0 Å². The van der Waals surface area contributed by atoms with Gasteiger partial charge < -0.3 is 27.9 Å². The topological polar surface area (TPSA) is 107 Å². The molecule has 0 saturated carbocycles. The molecule has 1 aliphatic rings. The molecule has 1 heterocycles. The molecular weight excluding hydrogens is 476 g/mol. The van der Waals surface area contributed by atoms with E-state index in [2.05, 4.69) is 0 Å². The summed E-state index contributed by atoms with van der Waals surface area (Å²) in [7, 11) is 1.86. The van der Waals surface area contributed by atoms with Gasteiger partial charge in [-0.05, 0) is 48.5 Å². The maximum Gasteiger partial charge on any atom is 0.339 e. The normalized spacial score (nSPS) is 13.7. The van der Waals surface area contributed by atoms with Crippen molar-refractivity contribution in [2.24, 2.45) is 0 Å². The van der Waals surface area contributed by atoms with Gasteiger partial charge in [0.2, 0.25) is 5.78 Å². The van der Waals surface area contributed by atoms with Gasteiger partial charge in [-0.25, -0.2) is 0 Å². The van der Waals surface area contributed by atoms with Crippen LogP contribution in [0.5, 0.6) is 34.5 Å². The summed E-state index contributed by atoms with van der Waals surface area (Å²) in [5.74, 6) is 1.69. The van der Waals surface area contributed by atoms with Crippen molar-refractivity contribution in [3.8, 4) is 34.5 Å². The Morgan fingerprint density at radius 1 is 0.743 bits per heavy atom. The summed E-state index contributed by atoms with van der Waals surface area (Å²) < 4.78 is 57.3. The van der Waals surface area contributed by atoms with E-state index >= 15 is 0 Å². The largest absolute Gasteiger partial charge is 0.497 e. The highest BCUT2D eigenvalue weighted by Crippen LogP contribution is 2.39. The molecule has 35 heavy (non-hydrogen) atoms. The first-order valence-electron chi connectivity index (χ1n) is 10.3. The second-order valence-corrected chi connectivity index (χ2v) is 8.81. The van der Waals surface area contributed by atoms with Gasteiger partial charge >= 0.3 is 10.1 Å². The van der Waals surface area contributed by atoms with Crippen LogP contribution in [-0.4, -0.2) is 42.6 Å². The Hall–Kier alpha value is -4.18. The maximum absolute atomic E-state index is 12.9. The highest BCUT2D eigenvalue weighted by Gasteiger charge is 2.29. The molecule has 1 aliphatic heterocycles. The summed E-state index contributed by atoms with van der Waals surface area (Å²) in [6.45, 7) is 0. The summed E-state index contributed by atoms with van der Waals surface area (Å²) in [5.41, 5.74) is 0.796. The second-order valence-electron chi connectivity index (χ2n) is 7.26. The van der Waals surface area contributed by atoms with Gasteiger partial charge in [0.25, 0.3) is 0 Å². The molecule has 0 saturated heterocycles. The fourth-order valence-electron chi connectivity index (χ4n) is 3.44. The van der Waals surface area contributed by atoms with E-state index in [1.165, 1.54) is 77.0 Å². The molecule has 0 bridgehead atoms. The van der Waals surface area contributed by atoms with E-state index in [4.69, 9.17) is 27.9 Å². The molecule has 0 aromatic heterocycles. The van der Waals surface area contributed by atoms with Gasteiger partial charge in [-0.15, -0.1) is 0 Å². The fraction of sp³-hybridized carbons (Fsp3) is 0.160. The molecule has 3 aromatic rings. The zero-order valence-corrected chi connectivity index (χ0v) is 20.2. The summed E-state index contributed by atoms with van der Waals surface area (Å²) >= 11 is 0. The van der Waals surface area contributed by atoms with Crippen LogP contribution in [0, 0.1) is 0 Å². The van der Waals surface area contributed by atoms with Crippen molar-refractivity contribution in [1.29, 1.82) is 0 Å². The molecule has 9 nitrogen and oxygen atoms in total. The molecule has 10 heteroatoms. The summed E-state index contributed by atoms with van der Waals surface area (Å²) in [5, 5.41) is 0. The zero-order valence-electron chi connectivity index (χ0n) is 19.4. The average Bonchev–Trinajstić information content (AvgIpc) is 3.17. The third-order valence-corrected chi connectivity index (χ3v) is 6.48. The van der Waals surface area contributed by atoms with E-state index in [0.717, 1.165) is 0 Å². The Morgan fingerprint density at radius 3 is 2.00 bits per heavy atom. The Bertz CT molecular complexity index is 1410. The van der Waals surface area contributed by atoms with Crippen molar-refractivity contribution in [3.05, 3.63) is 71.5 Å². The van der Waals surface area contributed by atoms with Crippen LogP contribution < -0.4 is 27.9 Å². The number of ether oxygens (including phenoxy) is 5. The maximum atomic E-state index is 12.9. The monoisotopic (exact) mass is 498 g/mol. The van der Waals surface area contributed by atoms with Crippen molar-refractivity contribution >= 4 is 22.0 Å². The summed E-state index contributed by atoms with van der Waals surface area (Å²) in [4.78, 5) is 12.9. The Labute approximate surface area is 202 Å². The summed E-state index contributed by atoms with van der Waals surface area (Å²) in [6, 6.07) is 13.2. The number of methoxy groups -OCH3 is 4. The quantitative estimate of drug-likeness (QED) is 0.335. The standard InChI is InChI=1S/C25H22O9S/c1-29-16-5-8-18(9-6-16)35(27,28)34-17-7-10-19-21(13-17)33-24(25(19)26)12-15-11-22(31-3)23(32-4)14-20(15)30-2/h5-14H,1-4H3/b24-12-. The van der Waals surface area contributed by atoms with Gasteiger partial charge in [-0.1, -0.05) is 0 Å². The van der Waals surface area contributed by atoms with Crippen LogP contribution in [-0.2, 0) is 10.1 Å². The first-order valence-corrected chi connectivity index (χ1v) is 11.7. The first kappa shape index (κ1) is 24.0. The van der Waals surface area contributed by atoms with Crippen LogP contribution in [0.15, 0.2) is 65.3 Å². The molecule has 0 atom stereocenters. The van der Waals surface area contributed by atoms with Crippen LogP contribution in [0.25, 0.3) is 6.08 Å². The van der Waals surface area contributed by atoms with Crippen molar-refractivity contribution < 1.29 is 41.1 Å². The minimum absolute atomic E-state index is 0.00249. The van der Waals surface area contributed by atoms with E-state index in [1.54, 1.807) is 12.1 Å². The highest BCUT2D eigenvalue weighted by atomic mass is 32.2. The minimum atomic E-state index is -4.11. The minimum Gasteiger partial charge on any atom is -0.497 e. The van der Waals surface area contributed by atoms with Crippen molar-refractivity contribution in [1.82, 2.24) is 0 Å². The lowest BCUT2D eigenvalue weighted by atomic mass is 10.1. The lowest BCUT2D eigenvalue weighted by Crippen LogP contribution is -2.09. The number of ketones is 1. The first-order chi connectivity index (χ1) is 16.8. The van der Waals surface area contributed by atoms with Crippen LogP contribution in [0.4, 0.5) is 0 Å². The molecule has 0 aliphatic carbocycles. The Kier molecular flexibility index (Phi) is 6.57. The van der Waals surface area contributed by atoms with Crippen molar-refractivity contribution in [2.75, 3.05) is 28.4 Å². The van der Waals surface area contributed by atoms with E-state index in [0.29, 0.717) is 28.6 Å². The Balaban J connectivity index is 1.61. The third-order valence-electron chi connectivity index (χ3n) is 5.22. The fourth-order valence-corrected chi connectivity index (χ4v) is 4.37. The van der Waals surface area contributed by atoms with Crippen LogP contribution in [0.3, 0.4) is 0 Å². The third kappa shape index (κ3) is 4.73. The lowest BCUT2D eigenvalue weighted by molar-refractivity contribution is 0.101. The average molecular weight is 499 g/mol. The molecule has 0 amide bonds. The number of carbonyl (C=O) groups is 1. The van der Waals surface area contributed by atoms with Gasteiger partial charge in [0, 0.05) is 17.7 Å². The lowest BCUT2D eigenvalue weighted by Gasteiger charge is -2.12. The van der Waals surface area contributed by atoms with Gasteiger partial charge in [-0.3, -0.25) is 4.79 Å². The van der Waals surface area contributed by atoms with Gasteiger partial charge in [0.05, 0.1) is 34.0 Å². The van der Waals surface area contributed by atoms with Gasteiger partial charge in [0.1, 0.15) is 27.9 Å². The van der Waals surface area contributed by atoms with Crippen molar-refractivity contribution in [2.45, 2.75) is 4.90 Å². The van der Waals surface area contributed by atoms with Gasteiger partial charge in [-0.2, -0.15) is 8.42 Å². The predicted octanol–water partition coefficient (Wildman–Crippen LogP) is 4.10. The number of Topliss-reactive ketones (excluding diaryl/α,β-unsaturated/α-hetero) is 1. The molecule has 0 unspecified atom stereocenters. The van der Waals surface area contributed by atoms with Gasteiger partial charge in [0.15, 0.2) is 17.3 Å². The highest BCUT2D eigenvalue weighted by molar-refractivity contribution is 7.87. The number of hydrogen-bond donors (Lipinski definition) is 0. The van der Waals surface area contributed by atoms with Crippen LogP contribution >= 0.6 is 0 Å². The number of allylic oxidation sites excluding steroid dienone is 1. The molecular formula is C25H22O9S. The second kappa shape index (κ2) is 9.59. The smallest absolute Gasteiger partial charge is 0.339 e. The Morgan fingerprint density at radius 2 is 1.37 bits per heavy atom. The molecule has 0 radical (unpaired) electrons. The molecule has 182 valence electrons. The van der Waals surface area contributed by atoms with E-state index in [9.17, 15) is 13.2 Å². The number of benzene rings is 3. The number of hydrogen-bond acceptors (Lipinski definition) is 9. The molecule has 3 aromatic carbocycles. The van der Waals surface area contributed by atoms with E-state index < -0.39 is 10.1 Å². The summed E-state index contributed by atoms with van der Waals surface area (Å²) in [6.07, 6.45) is 1.51. The van der Waals surface area contributed by atoms with Crippen LogP contribution in [0.1, 0.15) is 15.9 Å². The number of carbonyl (C=O) groups excluding carboxylic acids is 1.